The molecule has 3 rings (SSSR count). The Morgan fingerprint density at radius 2 is 2.11 bits per heavy atom. The third-order valence-corrected chi connectivity index (χ3v) is 3.51. The summed E-state index contributed by atoms with van der Waals surface area (Å²) >= 11 is 0. The number of hydrogen-bond donors (Lipinski definition) is 2. The molecule has 1 saturated heterocycles. The number of nitrogens with two attached hydrogens (primary N) is 1. The maximum atomic E-state index is 5.85. The maximum Gasteiger partial charge on any atom is 0.222 e. The largest absolute Gasteiger partial charge is 0.368 e. The van der Waals surface area contributed by atoms with Crippen LogP contribution in [-0.4, -0.2) is 33.3 Å². The van der Waals surface area contributed by atoms with E-state index in [0.29, 0.717) is 5.95 Å². The van der Waals surface area contributed by atoms with E-state index in [-0.39, 0.29) is 0 Å². The molecule has 0 aromatic carbocycles. The molecule has 0 amide bonds. The maximum absolute atomic E-state index is 5.85. The molecular formula is C13H18N6. The van der Waals surface area contributed by atoms with Crippen LogP contribution in [0.2, 0.25) is 0 Å². The number of aromatic nitrogens is 4. The van der Waals surface area contributed by atoms with Crippen molar-refractivity contribution in [1.29, 1.82) is 0 Å². The summed E-state index contributed by atoms with van der Waals surface area (Å²) < 4.78 is 0. The SMILES string of the molecule is CCc1[nH]ncc1-c1cc(N2CCCC2)nc(N)n1. The van der Waals surface area contributed by atoms with Crippen molar-refractivity contribution in [2.24, 2.45) is 0 Å². The zero-order chi connectivity index (χ0) is 13.2. The van der Waals surface area contributed by atoms with Gasteiger partial charge in [0, 0.05) is 30.4 Å². The summed E-state index contributed by atoms with van der Waals surface area (Å²) in [4.78, 5) is 10.9. The van der Waals surface area contributed by atoms with Gasteiger partial charge >= 0.3 is 0 Å². The van der Waals surface area contributed by atoms with Crippen LogP contribution in [0.1, 0.15) is 25.5 Å². The number of hydrogen-bond acceptors (Lipinski definition) is 5. The van der Waals surface area contributed by atoms with Gasteiger partial charge in [-0.2, -0.15) is 10.1 Å². The quantitative estimate of drug-likeness (QED) is 0.873. The molecule has 1 fully saturated rings. The van der Waals surface area contributed by atoms with Gasteiger partial charge in [0.05, 0.1) is 11.9 Å². The van der Waals surface area contributed by atoms with Crippen molar-refractivity contribution in [2.45, 2.75) is 26.2 Å². The molecule has 1 aliphatic heterocycles. The van der Waals surface area contributed by atoms with Crippen molar-refractivity contribution in [3.63, 3.8) is 0 Å². The molecule has 6 heteroatoms. The Hall–Kier alpha value is -2.11. The fraction of sp³-hybridized carbons (Fsp3) is 0.462. The Kier molecular flexibility index (Phi) is 3.06. The van der Waals surface area contributed by atoms with Gasteiger partial charge < -0.3 is 10.6 Å². The average molecular weight is 258 g/mol. The summed E-state index contributed by atoms with van der Waals surface area (Å²) in [6.07, 6.45) is 5.11. The third-order valence-electron chi connectivity index (χ3n) is 3.51. The van der Waals surface area contributed by atoms with E-state index in [1.54, 1.807) is 6.20 Å². The first kappa shape index (κ1) is 12.0. The van der Waals surface area contributed by atoms with Crippen LogP contribution in [0.15, 0.2) is 12.3 Å². The predicted octanol–water partition coefficient (Wildman–Crippen LogP) is 1.61. The molecule has 0 aliphatic carbocycles. The number of nitrogens with zero attached hydrogens (tertiary/aromatic N) is 4. The highest BCUT2D eigenvalue weighted by Crippen LogP contribution is 2.26. The Morgan fingerprint density at radius 3 is 2.84 bits per heavy atom. The highest BCUT2D eigenvalue weighted by molar-refractivity contribution is 5.66. The number of nitrogen functional groups attached to an aromatic ring is 1. The summed E-state index contributed by atoms with van der Waals surface area (Å²) in [6, 6.07) is 2.01. The Balaban J connectivity index is 2.02. The van der Waals surface area contributed by atoms with Crippen LogP contribution in [0.25, 0.3) is 11.3 Å². The third kappa shape index (κ3) is 2.25. The molecule has 0 radical (unpaired) electrons. The van der Waals surface area contributed by atoms with Crippen molar-refractivity contribution >= 4 is 11.8 Å². The van der Waals surface area contributed by atoms with Crippen LogP contribution in [0.5, 0.6) is 0 Å². The summed E-state index contributed by atoms with van der Waals surface area (Å²) in [5.74, 6) is 1.24. The first-order chi connectivity index (χ1) is 9.28. The van der Waals surface area contributed by atoms with Gasteiger partial charge in [-0.3, -0.25) is 5.10 Å². The van der Waals surface area contributed by atoms with Crippen molar-refractivity contribution in [3.05, 3.63) is 18.0 Å². The minimum atomic E-state index is 0.322. The highest BCUT2D eigenvalue weighted by atomic mass is 15.2. The first-order valence-electron chi connectivity index (χ1n) is 6.70. The number of H-pyrrole nitrogens is 1. The molecule has 19 heavy (non-hydrogen) atoms. The van der Waals surface area contributed by atoms with Gasteiger partial charge in [0.25, 0.3) is 0 Å². The fourth-order valence-corrected chi connectivity index (χ4v) is 2.50. The highest BCUT2D eigenvalue weighted by Gasteiger charge is 2.17. The minimum Gasteiger partial charge on any atom is -0.368 e. The summed E-state index contributed by atoms with van der Waals surface area (Å²) in [7, 11) is 0. The fourth-order valence-electron chi connectivity index (χ4n) is 2.50. The van der Waals surface area contributed by atoms with Crippen LogP contribution in [-0.2, 0) is 6.42 Å². The molecule has 0 atom stereocenters. The molecule has 0 spiro atoms. The summed E-state index contributed by atoms with van der Waals surface area (Å²) in [6.45, 7) is 4.17. The van der Waals surface area contributed by atoms with E-state index in [0.717, 1.165) is 42.3 Å². The Bertz CT molecular complexity index is 570. The van der Waals surface area contributed by atoms with Gasteiger partial charge in [-0.05, 0) is 19.3 Å². The number of aryl methyl sites for hydroxylation is 1. The monoisotopic (exact) mass is 258 g/mol. The average Bonchev–Trinajstić information content (AvgIpc) is 3.09. The normalized spacial score (nSPS) is 15.1. The van der Waals surface area contributed by atoms with Crippen molar-refractivity contribution in [3.8, 4) is 11.3 Å². The van der Waals surface area contributed by atoms with E-state index in [1.165, 1.54) is 12.8 Å². The van der Waals surface area contributed by atoms with E-state index in [9.17, 15) is 0 Å². The molecule has 0 unspecified atom stereocenters. The molecule has 2 aromatic heterocycles. The standard InChI is InChI=1S/C13H18N6/c1-2-10-9(8-15-18-10)11-7-12(17-13(14)16-11)19-5-3-4-6-19/h7-8H,2-6H2,1H3,(H,15,18)(H2,14,16,17). The van der Waals surface area contributed by atoms with Gasteiger partial charge in [-0.1, -0.05) is 6.92 Å². The van der Waals surface area contributed by atoms with E-state index in [1.807, 2.05) is 6.07 Å². The Morgan fingerprint density at radius 1 is 1.32 bits per heavy atom. The van der Waals surface area contributed by atoms with Crippen molar-refractivity contribution < 1.29 is 0 Å². The minimum absolute atomic E-state index is 0.322. The van der Waals surface area contributed by atoms with Crippen LogP contribution in [0, 0.1) is 0 Å². The van der Waals surface area contributed by atoms with E-state index >= 15 is 0 Å². The second kappa shape index (κ2) is 4.87. The molecule has 2 aromatic rings. The van der Waals surface area contributed by atoms with Crippen LogP contribution < -0.4 is 10.6 Å². The lowest BCUT2D eigenvalue weighted by molar-refractivity contribution is 0.931. The zero-order valence-electron chi connectivity index (χ0n) is 11.1. The molecule has 1 aliphatic rings. The first-order valence-corrected chi connectivity index (χ1v) is 6.70. The van der Waals surface area contributed by atoms with E-state index in [2.05, 4.69) is 32.0 Å². The van der Waals surface area contributed by atoms with Gasteiger partial charge in [-0.25, -0.2) is 4.98 Å². The molecule has 3 heterocycles. The van der Waals surface area contributed by atoms with E-state index < -0.39 is 0 Å². The number of nitrogens with one attached hydrogen (secondary N) is 1. The van der Waals surface area contributed by atoms with Crippen LogP contribution >= 0.6 is 0 Å². The lowest BCUT2D eigenvalue weighted by Crippen LogP contribution is -2.19. The van der Waals surface area contributed by atoms with Gasteiger partial charge in [0.1, 0.15) is 5.82 Å². The lowest BCUT2D eigenvalue weighted by atomic mass is 10.1. The summed E-state index contributed by atoms with van der Waals surface area (Å²) in [5.41, 5.74) is 8.78. The van der Waals surface area contributed by atoms with Gasteiger partial charge in [0.2, 0.25) is 5.95 Å². The van der Waals surface area contributed by atoms with Gasteiger partial charge in [0.15, 0.2) is 0 Å². The van der Waals surface area contributed by atoms with Gasteiger partial charge in [-0.15, -0.1) is 0 Å². The zero-order valence-corrected chi connectivity index (χ0v) is 11.1. The van der Waals surface area contributed by atoms with Crippen molar-refractivity contribution in [2.75, 3.05) is 23.7 Å². The molecule has 0 bridgehead atoms. The van der Waals surface area contributed by atoms with Crippen LogP contribution in [0.4, 0.5) is 11.8 Å². The second-order valence-corrected chi connectivity index (χ2v) is 4.78. The summed E-state index contributed by atoms with van der Waals surface area (Å²) in [5, 5.41) is 7.08. The molecule has 6 nitrogen and oxygen atoms in total. The predicted molar refractivity (Wildman–Crippen MR) is 74.9 cm³/mol. The van der Waals surface area contributed by atoms with Crippen LogP contribution in [0.3, 0.4) is 0 Å². The smallest absolute Gasteiger partial charge is 0.222 e. The number of aromatic amines is 1. The molecular weight excluding hydrogens is 240 g/mol. The van der Waals surface area contributed by atoms with E-state index in [4.69, 9.17) is 5.73 Å². The molecule has 0 saturated carbocycles. The molecule has 100 valence electrons. The topological polar surface area (TPSA) is 83.7 Å². The number of rotatable bonds is 3. The Labute approximate surface area is 112 Å². The number of anilines is 2. The molecule has 3 N–H and O–H groups in total. The second-order valence-electron chi connectivity index (χ2n) is 4.78. The van der Waals surface area contributed by atoms with Crippen molar-refractivity contribution in [1.82, 2.24) is 20.2 Å². The lowest BCUT2D eigenvalue weighted by Gasteiger charge is -2.17.